The van der Waals surface area contributed by atoms with Gasteiger partial charge in [-0.25, -0.2) is 0 Å². The third-order valence-electron chi connectivity index (χ3n) is 2.65. The van der Waals surface area contributed by atoms with E-state index >= 15 is 0 Å². The Bertz CT molecular complexity index is 411. The number of nitrogens with two attached hydrogens (primary N) is 1. The molecule has 0 saturated heterocycles. The maximum Gasteiger partial charge on any atom is 0.239 e. The molecule has 0 heterocycles. The second-order valence-electron chi connectivity index (χ2n) is 4.06. The average molecular weight is 268 g/mol. The van der Waals surface area contributed by atoms with Crippen LogP contribution in [0.5, 0.6) is 5.75 Å². The Morgan fingerprint density at radius 2 is 2.11 bits per heavy atom. The molecule has 106 valence electrons. The summed E-state index contributed by atoms with van der Waals surface area (Å²) in [5, 5.41) is 12.6. The number of aliphatic hydroxyl groups is 1. The number of ether oxygens (including phenoxy) is 2. The van der Waals surface area contributed by atoms with E-state index in [9.17, 15) is 9.90 Å². The number of hydrogen-bond acceptors (Lipinski definition) is 5. The van der Waals surface area contributed by atoms with Crippen LogP contribution in [-0.2, 0) is 9.53 Å². The predicted octanol–water partition coefficient (Wildman–Crippen LogP) is -0.181. The van der Waals surface area contributed by atoms with Crippen LogP contribution in [0.4, 0.5) is 0 Å². The van der Waals surface area contributed by atoms with Gasteiger partial charge in [0.15, 0.2) is 0 Å². The van der Waals surface area contributed by atoms with Gasteiger partial charge in [0.05, 0.1) is 19.8 Å². The Kier molecular flexibility index (Phi) is 6.27. The summed E-state index contributed by atoms with van der Waals surface area (Å²) in [7, 11) is 3.00. The molecule has 0 radical (unpaired) electrons. The number of amides is 1. The van der Waals surface area contributed by atoms with Crippen LogP contribution >= 0.6 is 0 Å². The molecule has 0 spiro atoms. The van der Waals surface area contributed by atoms with Gasteiger partial charge in [0.2, 0.25) is 5.91 Å². The van der Waals surface area contributed by atoms with Crippen molar-refractivity contribution in [1.82, 2.24) is 5.32 Å². The minimum Gasteiger partial charge on any atom is -0.496 e. The fourth-order valence-corrected chi connectivity index (χ4v) is 1.64. The number of rotatable bonds is 7. The largest absolute Gasteiger partial charge is 0.496 e. The summed E-state index contributed by atoms with van der Waals surface area (Å²) >= 11 is 0. The standard InChI is InChI=1S/C13H20N2O4/c1-18-8-10(14)13(17)15-7-11(16)9-5-3-4-6-12(9)19-2/h3-6,10-11,16H,7-8,14H2,1-2H3,(H,15,17). The van der Waals surface area contributed by atoms with Crippen molar-refractivity contribution in [2.45, 2.75) is 12.1 Å². The summed E-state index contributed by atoms with van der Waals surface area (Å²) in [6, 6.07) is 6.35. The van der Waals surface area contributed by atoms with E-state index in [0.717, 1.165) is 0 Å². The first-order valence-corrected chi connectivity index (χ1v) is 5.93. The monoisotopic (exact) mass is 268 g/mol. The van der Waals surface area contributed by atoms with Crippen molar-refractivity contribution in [2.24, 2.45) is 5.73 Å². The fraction of sp³-hybridized carbons (Fsp3) is 0.462. The Morgan fingerprint density at radius 1 is 1.42 bits per heavy atom. The van der Waals surface area contributed by atoms with Gasteiger partial charge in [0.1, 0.15) is 11.8 Å². The molecular weight excluding hydrogens is 248 g/mol. The maximum atomic E-state index is 11.6. The van der Waals surface area contributed by atoms with Crippen molar-refractivity contribution in [1.29, 1.82) is 0 Å². The summed E-state index contributed by atoms with van der Waals surface area (Å²) in [6.07, 6.45) is -0.852. The second-order valence-corrected chi connectivity index (χ2v) is 4.06. The molecule has 1 aromatic carbocycles. The van der Waals surface area contributed by atoms with E-state index in [1.807, 2.05) is 6.07 Å². The summed E-state index contributed by atoms with van der Waals surface area (Å²) in [4.78, 5) is 11.6. The van der Waals surface area contributed by atoms with Crippen LogP contribution in [0.3, 0.4) is 0 Å². The molecule has 6 heteroatoms. The van der Waals surface area contributed by atoms with Crippen molar-refractivity contribution < 1.29 is 19.4 Å². The van der Waals surface area contributed by atoms with Crippen LogP contribution in [0, 0.1) is 0 Å². The zero-order chi connectivity index (χ0) is 14.3. The third kappa shape index (κ3) is 4.51. The molecule has 0 saturated carbocycles. The van der Waals surface area contributed by atoms with Crippen LogP contribution in [0.1, 0.15) is 11.7 Å². The number of carbonyl (C=O) groups is 1. The van der Waals surface area contributed by atoms with Gasteiger partial charge in [-0.3, -0.25) is 4.79 Å². The number of aliphatic hydroxyl groups excluding tert-OH is 1. The lowest BCUT2D eigenvalue weighted by atomic mass is 10.1. The van der Waals surface area contributed by atoms with Crippen LogP contribution in [0.2, 0.25) is 0 Å². The average Bonchev–Trinajstić information content (AvgIpc) is 2.44. The van der Waals surface area contributed by atoms with E-state index in [1.165, 1.54) is 14.2 Å². The molecule has 0 aliphatic rings. The summed E-state index contributed by atoms with van der Waals surface area (Å²) in [6.45, 7) is 0.202. The predicted molar refractivity (Wildman–Crippen MR) is 70.8 cm³/mol. The Balaban J connectivity index is 2.55. The first-order valence-electron chi connectivity index (χ1n) is 5.93. The van der Waals surface area contributed by atoms with Gasteiger partial charge in [0.25, 0.3) is 0 Å². The molecule has 0 bridgehead atoms. The molecule has 2 atom stereocenters. The topological polar surface area (TPSA) is 93.8 Å². The van der Waals surface area contributed by atoms with E-state index in [4.69, 9.17) is 15.2 Å². The van der Waals surface area contributed by atoms with Crippen LogP contribution in [0.25, 0.3) is 0 Å². The minimum absolute atomic E-state index is 0.0661. The lowest BCUT2D eigenvalue weighted by Gasteiger charge is -2.17. The van der Waals surface area contributed by atoms with Gasteiger partial charge < -0.3 is 25.6 Å². The van der Waals surface area contributed by atoms with E-state index in [2.05, 4.69) is 5.32 Å². The zero-order valence-electron chi connectivity index (χ0n) is 11.1. The fourth-order valence-electron chi connectivity index (χ4n) is 1.64. The maximum absolute atomic E-state index is 11.6. The van der Waals surface area contributed by atoms with Gasteiger partial charge >= 0.3 is 0 Å². The Morgan fingerprint density at radius 3 is 2.74 bits per heavy atom. The Hall–Kier alpha value is -1.63. The molecule has 1 amide bonds. The van der Waals surface area contributed by atoms with Crippen molar-refractivity contribution in [3.63, 3.8) is 0 Å². The molecule has 4 N–H and O–H groups in total. The van der Waals surface area contributed by atoms with E-state index in [-0.39, 0.29) is 19.1 Å². The Labute approximate surface area is 112 Å². The van der Waals surface area contributed by atoms with E-state index in [1.54, 1.807) is 18.2 Å². The van der Waals surface area contributed by atoms with Crippen molar-refractivity contribution in [2.75, 3.05) is 27.4 Å². The second kappa shape index (κ2) is 7.73. The highest BCUT2D eigenvalue weighted by Crippen LogP contribution is 2.23. The lowest BCUT2D eigenvalue weighted by molar-refractivity contribution is -0.123. The number of nitrogens with one attached hydrogen (secondary N) is 1. The molecule has 1 rings (SSSR count). The molecule has 0 aliphatic carbocycles. The van der Waals surface area contributed by atoms with Crippen LogP contribution in [-0.4, -0.2) is 44.4 Å². The minimum atomic E-state index is -0.852. The summed E-state index contributed by atoms with van der Waals surface area (Å²) in [5.74, 6) is 0.209. The molecule has 0 aliphatic heterocycles. The first kappa shape index (κ1) is 15.4. The van der Waals surface area contributed by atoms with Crippen molar-refractivity contribution >= 4 is 5.91 Å². The summed E-state index contributed by atoms with van der Waals surface area (Å²) < 4.78 is 9.93. The molecule has 19 heavy (non-hydrogen) atoms. The van der Waals surface area contributed by atoms with E-state index < -0.39 is 12.1 Å². The van der Waals surface area contributed by atoms with Gasteiger partial charge in [-0.1, -0.05) is 18.2 Å². The van der Waals surface area contributed by atoms with Crippen LogP contribution in [0.15, 0.2) is 24.3 Å². The normalized spacial score (nSPS) is 13.7. The number of hydrogen-bond donors (Lipinski definition) is 3. The lowest BCUT2D eigenvalue weighted by Crippen LogP contribution is -2.44. The van der Waals surface area contributed by atoms with Crippen LogP contribution < -0.4 is 15.8 Å². The highest BCUT2D eigenvalue weighted by Gasteiger charge is 2.17. The number of benzene rings is 1. The molecule has 0 aromatic heterocycles. The molecule has 2 unspecified atom stereocenters. The molecule has 0 fully saturated rings. The van der Waals surface area contributed by atoms with Crippen molar-refractivity contribution in [3.8, 4) is 5.75 Å². The first-order chi connectivity index (χ1) is 9.10. The third-order valence-corrected chi connectivity index (χ3v) is 2.65. The van der Waals surface area contributed by atoms with Gasteiger partial charge in [0, 0.05) is 19.2 Å². The highest BCUT2D eigenvalue weighted by molar-refractivity contribution is 5.81. The van der Waals surface area contributed by atoms with Crippen molar-refractivity contribution in [3.05, 3.63) is 29.8 Å². The number of carbonyl (C=O) groups excluding carboxylic acids is 1. The highest BCUT2D eigenvalue weighted by atomic mass is 16.5. The quantitative estimate of drug-likeness (QED) is 0.637. The molecule has 1 aromatic rings. The van der Waals surface area contributed by atoms with Gasteiger partial charge in [-0.15, -0.1) is 0 Å². The molecular formula is C13H20N2O4. The van der Waals surface area contributed by atoms with Gasteiger partial charge in [-0.05, 0) is 6.07 Å². The number of para-hydroxylation sites is 1. The van der Waals surface area contributed by atoms with E-state index in [0.29, 0.717) is 11.3 Å². The summed E-state index contributed by atoms with van der Waals surface area (Å²) in [5.41, 5.74) is 6.18. The molecule has 6 nitrogen and oxygen atoms in total. The zero-order valence-corrected chi connectivity index (χ0v) is 11.1. The number of methoxy groups -OCH3 is 2. The SMILES string of the molecule is COCC(N)C(=O)NCC(O)c1ccccc1OC. The smallest absolute Gasteiger partial charge is 0.239 e. The van der Waals surface area contributed by atoms with Gasteiger partial charge in [-0.2, -0.15) is 0 Å².